The number of hydrogen-bond acceptors (Lipinski definition) is 4. The Bertz CT molecular complexity index is 880. The lowest BCUT2D eigenvalue weighted by Gasteiger charge is -2.46. The van der Waals surface area contributed by atoms with Gasteiger partial charge in [-0.15, -0.1) is 0 Å². The highest BCUT2D eigenvalue weighted by atomic mass is 16.5. The van der Waals surface area contributed by atoms with Crippen LogP contribution in [0.2, 0.25) is 0 Å². The maximum Gasteiger partial charge on any atom is 0.321 e. The van der Waals surface area contributed by atoms with Crippen LogP contribution in [0.15, 0.2) is 42.5 Å². The Labute approximate surface area is 172 Å². The topological polar surface area (TPSA) is 59.1 Å². The third kappa shape index (κ3) is 3.33. The smallest absolute Gasteiger partial charge is 0.321 e. The first-order valence-electron chi connectivity index (χ1n) is 9.91. The molecule has 154 valence electrons. The van der Waals surface area contributed by atoms with Crippen LogP contribution in [-0.4, -0.2) is 56.0 Å². The molecule has 0 saturated heterocycles. The zero-order valence-electron chi connectivity index (χ0n) is 17.5. The first-order chi connectivity index (χ1) is 14.1. The van der Waals surface area contributed by atoms with Crippen LogP contribution in [-0.2, 0) is 16.8 Å². The number of carbonyl (C=O) groups is 2. The first kappa shape index (κ1) is 20.7. The van der Waals surface area contributed by atoms with Crippen molar-refractivity contribution in [2.75, 3.05) is 33.9 Å². The van der Waals surface area contributed by atoms with Gasteiger partial charge in [0.2, 0.25) is 0 Å². The van der Waals surface area contributed by atoms with Crippen molar-refractivity contribution in [1.82, 2.24) is 9.80 Å². The molecular weight excluding hydrogens is 368 g/mol. The minimum Gasteiger partial charge on any atom is -0.493 e. The van der Waals surface area contributed by atoms with Crippen molar-refractivity contribution in [3.63, 3.8) is 0 Å². The lowest BCUT2D eigenvalue weighted by Crippen LogP contribution is -2.58. The van der Waals surface area contributed by atoms with Crippen LogP contribution >= 0.6 is 0 Å². The lowest BCUT2D eigenvalue weighted by molar-refractivity contribution is -0.116. The molecule has 0 aromatic heterocycles. The highest BCUT2D eigenvalue weighted by Gasteiger charge is 2.48. The molecular formula is C23H28N2O4. The van der Waals surface area contributed by atoms with Crippen LogP contribution in [0.1, 0.15) is 30.5 Å². The minimum atomic E-state index is -1.23. The maximum absolute atomic E-state index is 13.4. The van der Waals surface area contributed by atoms with E-state index >= 15 is 0 Å². The summed E-state index contributed by atoms with van der Waals surface area (Å²) in [6, 6.07) is 13.0. The zero-order valence-corrected chi connectivity index (χ0v) is 17.5. The van der Waals surface area contributed by atoms with Crippen LogP contribution in [0, 0.1) is 0 Å². The zero-order chi connectivity index (χ0) is 21.0. The maximum atomic E-state index is 13.4. The second-order valence-electron chi connectivity index (χ2n) is 6.97. The molecule has 1 aliphatic heterocycles. The number of urea groups is 1. The van der Waals surface area contributed by atoms with Crippen molar-refractivity contribution < 1.29 is 19.1 Å². The molecule has 2 aromatic carbocycles. The van der Waals surface area contributed by atoms with Gasteiger partial charge in [-0.3, -0.25) is 4.79 Å². The van der Waals surface area contributed by atoms with Crippen LogP contribution in [0.3, 0.4) is 0 Å². The van der Waals surface area contributed by atoms with Crippen molar-refractivity contribution in [3.05, 3.63) is 59.2 Å². The van der Waals surface area contributed by atoms with Crippen molar-refractivity contribution in [1.29, 1.82) is 0 Å². The van der Waals surface area contributed by atoms with E-state index in [1.54, 1.807) is 24.0 Å². The van der Waals surface area contributed by atoms with Crippen LogP contribution in [0.25, 0.3) is 0 Å². The van der Waals surface area contributed by atoms with Crippen molar-refractivity contribution in [3.8, 4) is 11.5 Å². The predicted molar refractivity (Wildman–Crippen MR) is 112 cm³/mol. The molecule has 0 fully saturated rings. The van der Waals surface area contributed by atoms with Crippen LogP contribution in [0.4, 0.5) is 4.79 Å². The average molecular weight is 396 g/mol. The van der Waals surface area contributed by atoms with Crippen molar-refractivity contribution in [2.24, 2.45) is 0 Å². The fourth-order valence-corrected chi connectivity index (χ4v) is 4.15. The molecule has 0 N–H and O–H groups in total. The van der Waals surface area contributed by atoms with E-state index < -0.39 is 5.54 Å². The van der Waals surface area contributed by atoms with E-state index in [9.17, 15) is 9.59 Å². The first-order valence-corrected chi connectivity index (χ1v) is 9.91. The minimum absolute atomic E-state index is 0.147. The molecule has 1 unspecified atom stereocenters. The van der Waals surface area contributed by atoms with Gasteiger partial charge in [0.1, 0.15) is 0 Å². The summed E-state index contributed by atoms with van der Waals surface area (Å²) in [7, 11) is 3.16. The normalized spacial score (nSPS) is 18.0. The number of nitrogens with zero attached hydrogens (tertiary/aromatic N) is 2. The van der Waals surface area contributed by atoms with Gasteiger partial charge in [-0.25, -0.2) is 4.79 Å². The summed E-state index contributed by atoms with van der Waals surface area (Å²) in [4.78, 5) is 29.7. The number of amides is 2. The Hall–Kier alpha value is -3.02. The van der Waals surface area contributed by atoms with Crippen LogP contribution in [0.5, 0.6) is 11.5 Å². The van der Waals surface area contributed by atoms with Gasteiger partial charge < -0.3 is 19.3 Å². The van der Waals surface area contributed by atoms with Crippen LogP contribution < -0.4 is 9.47 Å². The van der Waals surface area contributed by atoms with E-state index in [0.29, 0.717) is 37.6 Å². The predicted octanol–water partition coefficient (Wildman–Crippen LogP) is 3.47. The third-order valence-electron chi connectivity index (χ3n) is 5.70. The van der Waals surface area contributed by atoms with Gasteiger partial charge >= 0.3 is 6.03 Å². The second kappa shape index (κ2) is 8.55. The highest BCUT2D eigenvalue weighted by Crippen LogP contribution is 2.44. The second-order valence-corrected chi connectivity index (χ2v) is 6.97. The Morgan fingerprint density at radius 3 is 2.28 bits per heavy atom. The number of carbonyl (C=O) groups excluding carboxylic acids is 2. The van der Waals surface area contributed by atoms with E-state index in [0.717, 1.165) is 23.0 Å². The lowest BCUT2D eigenvalue weighted by atomic mass is 9.76. The molecule has 1 heterocycles. The van der Waals surface area contributed by atoms with E-state index in [1.165, 1.54) is 0 Å². The van der Waals surface area contributed by atoms with Gasteiger partial charge in [0.05, 0.1) is 14.2 Å². The van der Waals surface area contributed by atoms with Gasteiger partial charge in [0.25, 0.3) is 0 Å². The summed E-state index contributed by atoms with van der Waals surface area (Å²) in [5, 5.41) is 0. The standard InChI is InChI=1S/C23H28N2O4/c1-5-24(6-2)22(27)25-13-12-17-14-20(28-3)21(29-4)15-19(17)23(25,16-26)18-10-8-7-9-11-18/h7-11,14-16H,5-6,12-13H2,1-4H3. The fraction of sp³-hybridized carbons (Fsp3) is 0.391. The van der Waals surface area contributed by atoms with Crippen molar-refractivity contribution >= 4 is 12.3 Å². The fourth-order valence-electron chi connectivity index (χ4n) is 4.15. The monoisotopic (exact) mass is 396 g/mol. The Morgan fingerprint density at radius 2 is 1.72 bits per heavy atom. The number of benzene rings is 2. The molecule has 1 atom stereocenters. The van der Waals surface area contributed by atoms with Crippen molar-refractivity contribution in [2.45, 2.75) is 25.8 Å². The number of aldehydes is 1. The molecule has 2 aromatic rings. The number of hydrogen-bond donors (Lipinski definition) is 0. The van der Waals surface area contributed by atoms with Gasteiger partial charge in [-0.05, 0) is 49.1 Å². The molecule has 6 heteroatoms. The quantitative estimate of drug-likeness (QED) is 0.702. The molecule has 0 radical (unpaired) electrons. The summed E-state index contributed by atoms with van der Waals surface area (Å²) in [6.07, 6.45) is 1.51. The highest BCUT2D eigenvalue weighted by molar-refractivity contribution is 5.86. The molecule has 2 amide bonds. The van der Waals surface area contributed by atoms with E-state index in [4.69, 9.17) is 9.47 Å². The molecule has 0 bridgehead atoms. The summed E-state index contributed by atoms with van der Waals surface area (Å²) in [5.41, 5.74) is 1.25. The number of ether oxygens (including phenoxy) is 2. The number of methoxy groups -OCH3 is 2. The molecule has 6 nitrogen and oxygen atoms in total. The van der Waals surface area contributed by atoms with Gasteiger partial charge in [-0.2, -0.15) is 0 Å². The SMILES string of the molecule is CCN(CC)C(=O)N1CCc2cc(OC)c(OC)cc2C1(C=O)c1ccccc1. The van der Waals surface area contributed by atoms with E-state index in [-0.39, 0.29) is 6.03 Å². The number of fused-ring (bicyclic) bond motifs is 1. The van der Waals surface area contributed by atoms with Gasteiger partial charge in [0, 0.05) is 19.6 Å². The van der Waals surface area contributed by atoms with Gasteiger partial charge in [0.15, 0.2) is 23.3 Å². The van der Waals surface area contributed by atoms with E-state index in [2.05, 4.69) is 0 Å². The Balaban J connectivity index is 2.29. The molecule has 0 aliphatic carbocycles. The summed E-state index contributed by atoms with van der Waals surface area (Å²) in [6.45, 7) is 5.48. The summed E-state index contributed by atoms with van der Waals surface area (Å²) < 4.78 is 11.0. The molecule has 29 heavy (non-hydrogen) atoms. The number of rotatable bonds is 6. The molecule has 1 aliphatic rings. The summed E-state index contributed by atoms with van der Waals surface area (Å²) >= 11 is 0. The Morgan fingerprint density at radius 1 is 1.10 bits per heavy atom. The largest absolute Gasteiger partial charge is 0.493 e. The molecule has 0 spiro atoms. The third-order valence-corrected chi connectivity index (χ3v) is 5.70. The van der Waals surface area contributed by atoms with E-state index in [1.807, 2.05) is 56.3 Å². The summed E-state index contributed by atoms with van der Waals surface area (Å²) in [5.74, 6) is 1.15. The average Bonchev–Trinajstić information content (AvgIpc) is 2.78. The Kier molecular flexibility index (Phi) is 6.11. The van der Waals surface area contributed by atoms with Gasteiger partial charge in [-0.1, -0.05) is 30.3 Å². The molecule has 0 saturated carbocycles. The molecule has 3 rings (SSSR count).